The van der Waals surface area contributed by atoms with Crippen LogP contribution in [0.2, 0.25) is 0 Å². The Morgan fingerprint density at radius 3 is 2.65 bits per heavy atom. The van der Waals surface area contributed by atoms with Crippen molar-refractivity contribution in [2.45, 2.75) is 58.3 Å². The maximum absolute atomic E-state index is 4.60. The predicted molar refractivity (Wildman–Crippen MR) is 84.5 cm³/mol. The van der Waals surface area contributed by atoms with Crippen molar-refractivity contribution in [1.29, 1.82) is 0 Å². The van der Waals surface area contributed by atoms with Gasteiger partial charge in [0, 0.05) is 37.4 Å². The molecule has 110 valence electrons. The molecular weight excluding hydrogens is 246 g/mol. The van der Waals surface area contributed by atoms with Crippen LogP contribution in [0.1, 0.15) is 44.9 Å². The second-order valence-electron chi connectivity index (χ2n) is 6.65. The summed E-state index contributed by atoms with van der Waals surface area (Å²) in [5, 5.41) is 3.51. The van der Waals surface area contributed by atoms with E-state index in [9.17, 15) is 0 Å². The average Bonchev–Trinajstić information content (AvgIpc) is 3.20. The monoisotopic (exact) mass is 273 g/mol. The summed E-state index contributed by atoms with van der Waals surface area (Å²) in [7, 11) is 0. The van der Waals surface area contributed by atoms with Gasteiger partial charge in [0.05, 0.1) is 5.69 Å². The lowest BCUT2D eigenvalue weighted by atomic mass is 10.1. The fraction of sp³-hybridized carbons (Fsp3) is 0.588. The normalized spacial score (nSPS) is 15.6. The number of nitrogens with zero attached hydrogens (tertiary/aromatic N) is 2. The van der Waals surface area contributed by atoms with Crippen LogP contribution in [0.4, 0.5) is 0 Å². The van der Waals surface area contributed by atoms with Crippen LogP contribution >= 0.6 is 0 Å². The lowest BCUT2D eigenvalue weighted by molar-refractivity contribution is 0.143. The van der Waals surface area contributed by atoms with Crippen LogP contribution in [-0.2, 0) is 13.1 Å². The maximum Gasteiger partial charge on any atom is 0.0544 e. The molecule has 1 N–H and O–H groups in total. The Morgan fingerprint density at radius 2 is 2.15 bits per heavy atom. The zero-order valence-corrected chi connectivity index (χ0v) is 13.0. The maximum atomic E-state index is 4.60. The predicted octanol–water partition coefficient (Wildman–Crippen LogP) is 3.12. The highest BCUT2D eigenvalue weighted by Gasteiger charge is 2.21. The van der Waals surface area contributed by atoms with Crippen LogP contribution in [0, 0.1) is 0 Å². The molecule has 1 aliphatic carbocycles. The first kappa shape index (κ1) is 15.2. The van der Waals surface area contributed by atoms with Gasteiger partial charge in [0.1, 0.15) is 0 Å². The van der Waals surface area contributed by atoms with Gasteiger partial charge in [-0.2, -0.15) is 0 Å². The van der Waals surface area contributed by atoms with E-state index in [0.717, 1.165) is 31.4 Å². The van der Waals surface area contributed by atoms with E-state index in [0.29, 0.717) is 0 Å². The van der Waals surface area contributed by atoms with Crippen LogP contribution < -0.4 is 5.32 Å². The zero-order valence-electron chi connectivity index (χ0n) is 13.0. The standard InChI is InChI=1S/C17H27N3/c1-5-10-20(17(2,3)4)13-16-7-6-14(12-19-16)11-18-15-8-9-15/h5-7,12,15,18H,1,8-11,13H2,2-4H3. The van der Waals surface area contributed by atoms with E-state index >= 15 is 0 Å². The van der Waals surface area contributed by atoms with E-state index in [-0.39, 0.29) is 5.54 Å². The molecule has 1 saturated carbocycles. The molecule has 0 amide bonds. The molecule has 1 aromatic heterocycles. The molecule has 1 aromatic rings. The van der Waals surface area contributed by atoms with Gasteiger partial charge >= 0.3 is 0 Å². The van der Waals surface area contributed by atoms with E-state index in [4.69, 9.17) is 0 Å². The highest BCUT2D eigenvalue weighted by atomic mass is 15.2. The SMILES string of the molecule is C=CCN(Cc1ccc(CNC2CC2)cn1)C(C)(C)C. The third-order valence-electron chi connectivity index (χ3n) is 3.71. The van der Waals surface area contributed by atoms with E-state index in [1.807, 2.05) is 12.3 Å². The first-order valence-corrected chi connectivity index (χ1v) is 7.52. The minimum Gasteiger partial charge on any atom is -0.310 e. The molecular formula is C17H27N3. The smallest absolute Gasteiger partial charge is 0.0544 e. The van der Waals surface area contributed by atoms with Gasteiger partial charge in [-0.3, -0.25) is 9.88 Å². The molecule has 0 saturated heterocycles. The molecule has 0 bridgehead atoms. The van der Waals surface area contributed by atoms with Gasteiger partial charge in [-0.1, -0.05) is 12.1 Å². The third-order valence-corrected chi connectivity index (χ3v) is 3.71. The van der Waals surface area contributed by atoms with Crippen molar-refractivity contribution in [2.75, 3.05) is 6.54 Å². The van der Waals surface area contributed by atoms with Crippen LogP contribution in [-0.4, -0.2) is 28.0 Å². The zero-order chi connectivity index (χ0) is 14.6. The quantitative estimate of drug-likeness (QED) is 0.774. The largest absolute Gasteiger partial charge is 0.310 e. The fourth-order valence-corrected chi connectivity index (χ4v) is 2.13. The minimum absolute atomic E-state index is 0.127. The fourth-order valence-electron chi connectivity index (χ4n) is 2.13. The molecule has 2 rings (SSSR count). The van der Waals surface area contributed by atoms with Gasteiger partial charge in [0.2, 0.25) is 0 Å². The van der Waals surface area contributed by atoms with Gasteiger partial charge < -0.3 is 5.32 Å². The molecule has 0 radical (unpaired) electrons. The summed E-state index contributed by atoms with van der Waals surface area (Å²) in [5.41, 5.74) is 2.52. The van der Waals surface area contributed by atoms with E-state index in [2.05, 4.69) is 54.7 Å². The van der Waals surface area contributed by atoms with E-state index in [1.165, 1.54) is 18.4 Å². The first-order chi connectivity index (χ1) is 9.49. The van der Waals surface area contributed by atoms with Crippen molar-refractivity contribution in [3.63, 3.8) is 0 Å². The molecule has 3 nitrogen and oxygen atoms in total. The Kier molecular flexibility index (Phi) is 4.95. The number of pyridine rings is 1. The summed E-state index contributed by atoms with van der Waals surface area (Å²) in [6.45, 7) is 13.2. The highest BCUT2D eigenvalue weighted by molar-refractivity contribution is 5.14. The van der Waals surface area contributed by atoms with Crippen LogP contribution in [0.3, 0.4) is 0 Å². The van der Waals surface area contributed by atoms with Gasteiger partial charge in [-0.25, -0.2) is 0 Å². The molecule has 3 heteroatoms. The molecule has 1 fully saturated rings. The van der Waals surface area contributed by atoms with Crippen LogP contribution in [0.5, 0.6) is 0 Å². The summed E-state index contributed by atoms with van der Waals surface area (Å²) in [6.07, 6.45) is 6.61. The summed E-state index contributed by atoms with van der Waals surface area (Å²) < 4.78 is 0. The van der Waals surface area contributed by atoms with Crippen molar-refractivity contribution in [2.24, 2.45) is 0 Å². The summed E-state index contributed by atoms with van der Waals surface area (Å²) in [4.78, 5) is 6.98. The number of rotatable bonds is 7. The minimum atomic E-state index is 0.127. The van der Waals surface area contributed by atoms with Gasteiger partial charge in [0.25, 0.3) is 0 Å². The second kappa shape index (κ2) is 6.51. The Balaban J connectivity index is 1.92. The van der Waals surface area contributed by atoms with E-state index < -0.39 is 0 Å². The lowest BCUT2D eigenvalue weighted by Gasteiger charge is -2.34. The summed E-state index contributed by atoms with van der Waals surface area (Å²) >= 11 is 0. The average molecular weight is 273 g/mol. The van der Waals surface area contributed by atoms with Crippen molar-refractivity contribution in [3.05, 3.63) is 42.2 Å². The number of nitrogens with one attached hydrogen (secondary N) is 1. The molecule has 0 unspecified atom stereocenters. The van der Waals surface area contributed by atoms with Crippen LogP contribution in [0.25, 0.3) is 0 Å². The van der Waals surface area contributed by atoms with Crippen molar-refractivity contribution >= 4 is 0 Å². The highest BCUT2D eigenvalue weighted by Crippen LogP contribution is 2.19. The lowest BCUT2D eigenvalue weighted by Crippen LogP contribution is -2.41. The van der Waals surface area contributed by atoms with Gasteiger partial charge in [-0.05, 0) is 45.2 Å². The Labute approximate surface area is 123 Å². The number of aromatic nitrogens is 1. The topological polar surface area (TPSA) is 28.2 Å². The van der Waals surface area contributed by atoms with Crippen LogP contribution in [0.15, 0.2) is 31.0 Å². The third kappa shape index (κ3) is 4.73. The molecule has 1 heterocycles. The van der Waals surface area contributed by atoms with E-state index in [1.54, 1.807) is 0 Å². The Morgan fingerprint density at radius 1 is 1.40 bits per heavy atom. The van der Waals surface area contributed by atoms with Crippen molar-refractivity contribution in [1.82, 2.24) is 15.2 Å². The summed E-state index contributed by atoms with van der Waals surface area (Å²) in [6, 6.07) is 5.08. The number of hydrogen-bond donors (Lipinski definition) is 1. The molecule has 20 heavy (non-hydrogen) atoms. The molecule has 1 aliphatic rings. The first-order valence-electron chi connectivity index (χ1n) is 7.52. The Hall–Kier alpha value is -1.19. The molecule has 0 spiro atoms. The van der Waals surface area contributed by atoms with Crippen molar-refractivity contribution in [3.8, 4) is 0 Å². The second-order valence-corrected chi connectivity index (χ2v) is 6.65. The van der Waals surface area contributed by atoms with Crippen molar-refractivity contribution < 1.29 is 0 Å². The molecule has 0 aromatic carbocycles. The summed E-state index contributed by atoms with van der Waals surface area (Å²) in [5.74, 6) is 0. The molecule has 0 atom stereocenters. The van der Waals surface area contributed by atoms with Gasteiger partial charge in [0.15, 0.2) is 0 Å². The number of hydrogen-bond acceptors (Lipinski definition) is 3. The molecule has 0 aliphatic heterocycles. The Bertz CT molecular complexity index is 427. The van der Waals surface area contributed by atoms with Gasteiger partial charge in [-0.15, -0.1) is 6.58 Å².